The van der Waals surface area contributed by atoms with Crippen LogP contribution in [0.3, 0.4) is 0 Å². The molecule has 0 aliphatic carbocycles. The average Bonchev–Trinajstić information content (AvgIpc) is 1.99. The van der Waals surface area contributed by atoms with Gasteiger partial charge in [-0.3, -0.25) is 0 Å². The summed E-state index contributed by atoms with van der Waals surface area (Å²) >= 11 is 0. The van der Waals surface area contributed by atoms with Crippen molar-refractivity contribution in [2.45, 2.75) is 12.5 Å². The van der Waals surface area contributed by atoms with Crippen LogP contribution in [0.4, 0.5) is 0 Å². The zero-order valence-electron chi connectivity index (χ0n) is 5.58. The van der Waals surface area contributed by atoms with Crippen molar-refractivity contribution in [1.82, 2.24) is 0 Å². The molecule has 0 saturated carbocycles. The van der Waals surface area contributed by atoms with E-state index < -0.39 is 13.8 Å². The third-order valence-corrected chi connectivity index (χ3v) is 2.28. The largest absolute Gasteiger partial charge is 0.389 e. The molecule has 0 heterocycles. The summed E-state index contributed by atoms with van der Waals surface area (Å²) < 4.78 is 10.6. The van der Waals surface area contributed by atoms with Crippen LogP contribution in [-0.2, 0) is 4.57 Å². The minimum Gasteiger partial charge on any atom is -0.389 e. The lowest BCUT2D eigenvalue weighted by atomic mass is 10.3. The standard InChI is InChI=1S/C5H11N2O2P/c6-3-5(7)1-2-10(9)4-8/h5,8,10H,1-2,4,7H2. The van der Waals surface area contributed by atoms with Gasteiger partial charge < -0.3 is 15.4 Å². The van der Waals surface area contributed by atoms with Gasteiger partial charge in [-0.05, 0) is 6.42 Å². The van der Waals surface area contributed by atoms with Crippen molar-refractivity contribution >= 4 is 7.80 Å². The molecule has 0 radical (unpaired) electrons. The lowest BCUT2D eigenvalue weighted by Gasteiger charge is -1.99. The predicted molar refractivity (Wildman–Crippen MR) is 39.2 cm³/mol. The first-order valence-corrected chi connectivity index (χ1v) is 4.80. The van der Waals surface area contributed by atoms with Gasteiger partial charge in [0.05, 0.1) is 18.5 Å². The molecule has 2 unspecified atom stereocenters. The SMILES string of the molecule is N#CC(N)CC[PH](=O)CO. The fourth-order valence-electron chi connectivity index (χ4n) is 0.460. The summed E-state index contributed by atoms with van der Waals surface area (Å²) in [7, 11) is -1.86. The average molecular weight is 162 g/mol. The highest BCUT2D eigenvalue weighted by atomic mass is 31.1. The molecule has 0 aromatic carbocycles. The van der Waals surface area contributed by atoms with Gasteiger partial charge in [-0.15, -0.1) is 0 Å². The molecular formula is C5H11N2O2P. The summed E-state index contributed by atoms with van der Waals surface area (Å²) in [4.78, 5) is 0. The highest BCUT2D eigenvalue weighted by molar-refractivity contribution is 7.44. The van der Waals surface area contributed by atoms with Crippen LogP contribution in [0.15, 0.2) is 0 Å². The second kappa shape index (κ2) is 5.43. The van der Waals surface area contributed by atoms with Gasteiger partial charge in [-0.25, -0.2) is 0 Å². The number of aliphatic hydroxyl groups excluding tert-OH is 1. The minimum absolute atomic E-state index is 0.275. The van der Waals surface area contributed by atoms with Crippen molar-refractivity contribution in [2.75, 3.05) is 12.5 Å². The van der Waals surface area contributed by atoms with E-state index in [0.29, 0.717) is 12.6 Å². The highest BCUT2D eigenvalue weighted by Gasteiger charge is 2.02. The molecule has 58 valence electrons. The molecule has 0 aromatic rings. The van der Waals surface area contributed by atoms with Gasteiger partial charge in [0.1, 0.15) is 7.80 Å². The van der Waals surface area contributed by atoms with E-state index in [0.717, 1.165) is 0 Å². The van der Waals surface area contributed by atoms with Gasteiger partial charge in [0.15, 0.2) is 0 Å². The van der Waals surface area contributed by atoms with E-state index in [1.807, 2.05) is 6.07 Å². The van der Waals surface area contributed by atoms with Crippen LogP contribution in [-0.4, -0.2) is 23.7 Å². The predicted octanol–water partition coefficient (Wildman–Crippen LogP) is -0.263. The maximum absolute atomic E-state index is 10.6. The number of hydrogen-bond donors (Lipinski definition) is 2. The number of nitrogens with zero attached hydrogens (tertiary/aromatic N) is 1. The Morgan fingerprint density at radius 1 is 1.80 bits per heavy atom. The minimum atomic E-state index is -1.86. The van der Waals surface area contributed by atoms with Gasteiger partial charge in [-0.1, -0.05) is 0 Å². The van der Waals surface area contributed by atoms with Crippen molar-refractivity contribution in [3.63, 3.8) is 0 Å². The van der Waals surface area contributed by atoms with Gasteiger partial charge in [0.2, 0.25) is 0 Å². The molecule has 0 amide bonds. The molecular weight excluding hydrogens is 151 g/mol. The Morgan fingerprint density at radius 2 is 2.40 bits per heavy atom. The zero-order chi connectivity index (χ0) is 7.98. The molecule has 2 atom stereocenters. The van der Waals surface area contributed by atoms with E-state index in [2.05, 4.69) is 0 Å². The van der Waals surface area contributed by atoms with Gasteiger partial charge in [-0.2, -0.15) is 5.26 Å². The Balaban J connectivity index is 3.37. The Morgan fingerprint density at radius 3 is 2.80 bits per heavy atom. The summed E-state index contributed by atoms with van der Waals surface area (Å²) in [5.74, 6) is 0. The molecule has 0 aliphatic heterocycles. The Hall–Kier alpha value is -0.360. The first kappa shape index (κ1) is 9.64. The van der Waals surface area contributed by atoms with Crippen LogP contribution in [0.1, 0.15) is 6.42 Å². The molecule has 0 fully saturated rings. The van der Waals surface area contributed by atoms with E-state index in [4.69, 9.17) is 16.1 Å². The molecule has 0 aliphatic rings. The summed E-state index contributed by atoms with van der Waals surface area (Å²) in [6, 6.07) is 1.28. The topological polar surface area (TPSA) is 87.1 Å². The van der Waals surface area contributed by atoms with Crippen LogP contribution in [0.25, 0.3) is 0 Å². The van der Waals surface area contributed by atoms with Gasteiger partial charge in [0.25, 0.3) is 0 Å². The van der Waals surface area contributed by atoms with E-state index >= 15 is 0 Å². The summed E-state index contributed by atoms with van der Waals surface area (Å²) in [5, 5.41) is 16.5. The van der Waals surface area contributed by atoms with Crippen LogP contribution >= 0.6 is 7.80 Å². The number of hydrogen-bond acceptors (Lipinski definition) is 4. The fourth-order valence-corrected chi connectivity index (χ4v) is 1.25. The van der Waals surface area contributed by atoms with Crippen molar-refractivity contribution in [3.05, 3.63) is 0 Å². The molecule has 4 nitrogen and oxygen atoms in total. The molecule has 0 spiro atoms. The van der Waals surface area contributed by atoms with Crippen molar-refractivity contribution in [1.29, 1.82) is 5.26 Å². The molecule has 0 saturated heterocycles. The Labute approximate surface area is 60.4 Å². The molecule has 3 N–H and O–H groups in total. The Kier molecular flexibility index (Phi) is 5.23. The lowest BCUT2D eigenvalue weighted by Crippen LogP contribution is -2.17. The third-order valence-electron chi connectivity index (χ3n) is 1.08. The first-order chi connectivity index (χ1) is 4.70. The Bertz CT molecular complexity index is 154. The van der Waals surface area contributed by atoms with E-state index in [1.54, 1.807) is 0 Å². The molecule has 0 bridgehead atoms. The molecule has 5 heteroatoms. The summed E-state index contributed by atoms with van der Waals surface area (Å²) in [6.07, 6.45) is 0.508. The van der Waals surface area contributed by atoms with Crippen LogP contribution in [0.2, 0.25) is 0 Å². The van der Waals surface area contributed by atoms with Crippen LogP contribution in [0, 0.1) is 11.3 Å². The maximum Gasteiger partial charge on any atom is 0.100 e. The second-order valence-corrected chi connectivity index (χ2v) is 3.86. The fraction of sp³-hybridized carbons (Fsp3) is 0.800. The number of aliphatic hydroxyl groups is 1. The number of nitriles is 1. The van der Waals surface area contributed by atoms with Gasteiger partial charge in [0, 0.05) is 6.16 Å². The van der Waals surface area contributed by atoms with Crippen LogP contribution < -0.4 is 5.73 Å². The van der Waals surface area contributed by atoms with E-state index in [1.165, 1.54) is 0 Å². The van der Waals surface area contributed by atoms with Gasteiger partial charge >= 0.3 is 0 Å². The normalized spacial score (nSPS) is 15.7. The monoisotopic (exact) mass is 162 g/mol. The number of nitrogens with two attached hydrogens (primary N) is 1. The second-order valence-electron chi connectivity index (χ2n) is 1.97. The third kappa shape index (κ3) is 4.51. The van der Waals surface area contributed by atoms with Crippen molar-refractivity contribution < 1.29 is 9.67 Å². The number of rotatable bonds is 4. The summed E-state index contributed by atoms with van der Waals surface area (Å²) in [6.45, 7) is 0. The van der Waals surface area contributed by atoms with Crippen molar-refractivity contribution in [2.24, 2.45) is 5.73 Å². The summed E-state index contributed by atoms with van der Waals surface area (Å²) in [5.41, 5.74) is 5.21. The quantitative estimate of drug-likeness (QED) is 0.557. The lowest BCUT2D eigenvalue weighted by molar-refractivity contribution is 0.362. The van der Waals surface area contributed by atoms with E-state index in [-0.39, 0.29) is 6.35 Å². The van der Waals surface area contributed by atoms with Crippen LogP contribution in [0.5, 0.6) is 0 Å². The highest BCUT2D eigenvalue weighted by Crippen LogP contribution is 2.18. The molecule has 0 rings (SSSR count). The molecule has 10 heavy (non-hydrogen) atoms. The molecule has 0 aromatic heterocycles. The van der Waals surface area contributed by atoms with E-state index in [9.17, 15) is 4.57 Å². The van der Waals surface area contributed by atoms with Crippen molar-refractivity contribution in [3.8, 4) is 6.07 Å². The maximum atomic E-state index is 10.6. The first-order valence-electron chi connectivity index (χ1n) is 2.98. The smallest absolute Gasteiger partial charge is 0.100 e. The zero-order valence-corrected chi connectivity index (χ0v) is 6.58.